The van der Waals surface area contributed by atoms with Gasteiger partial charge in [0.25, 0.3) is 0 Å². The highest BCUT2D eigenvalue weighted by Crippen LogP contribution is 2.19. The Morgan fingerprint density at radius 3 is 2.29 bits per heavy atom. The van der Waals surface area contributed by atoms with Crippen molar-refractivity contribution < 1.29 is 9.53 Å². The molecule has 1 aliphatic carbocycles. The smallest absolute Gasteiger partial charge is 0.219 e. The number of nitrogens with one attached hydrogen (secondary N) is 1. The van der Waals surface area contributed by atoms with Gasteiger partial charge in [-0.05, 0) is 19.8 Å². The number of guanidine groups is 1. The Bertz CT molecular complexity index is 398. The second-order valence-electron chi connectivity index (χ2n) is 6.71. The number of nitrogens with zero attached hydrogens (tertiary/aromatic N) is 3. The second kappa shape index (κ2) is 10.5. The van der Waals surface area contributed by atoms with Crippen molar-refractivity contribution in [2.45, 2.75) is 58.5 Å². The van der Waals surface area contributed by atoms with Crippen LogP contribution in [0.4, 0.5) is 0 Å². The Hall–Kier alpha value is -1.30. The van der Waals surface area contributed by atoms with Gasteiger partial charge in [-0.3, -0.25) is 9.79 Å². The number of amides is 1. The Balaban J connectivity index is 1.75. The van der Waals surface area contributed by atoms with Gasteiger partial charge in [0.15, 0.2) is 5.96 Å². The fourth-order valence-electron chi connectivity index (χ4n) is 3.44. The summed E-state index contributed by atoms with van der Waals surface area (Å²) in [5.41, 5.74) is 0. The van der Waals surface area contributed by atoms with Crippen molar-refractivity contribution >= 4 is 11.9 Å². The fraction of sp³-hybridized carbons (Fsp3) is 0.889. The number of piperazine rings is 1. The minimum atomic E-state index is 0.161. The highest BCUT2D eigenvalue weighted by molar-refractivity contribution is 5.80. The van der Waals surface area contributed by atoms with Crippen molar-refractivity contribution in [3.63, 3.8) is 0 Å². The molecule has 0 unspecified atom stereocenters. The standard InChI is InChI=1S/C18H34N4O2/c1-3-19-18(22-13-11-21(12-14-22)16(2)23)20-10-15-24-17-8-6-4-5-7-9-17/h17H,3-15H2,1-2H3,(H,19,20). The quantitative estimate of drug-likeness (QED) is 0.360. The van der Waals surface area contributed by atoms with Crippen LogP contribution < -0.4 is 5.32 Å². The zero-order valence-corrected chi connectivity index (χ0v) is 15.4. The van der Waals surface area contributed by atoms with Crippen LogP contribution in [0.3, 0.4) is 0 Å². The van der Waals surface area contributed by atoms with Crippen LogP contribution in [0.2, 0.25) is 0 Å². The number of hydrogen-bond donors (Lipinski definition) is 1. The number of carbonyl (C=O) groups excluding carboxylic acids is 1. The van der Waals surface area contributed by atoms with Gasteiger partial charge >= 0.3 is 0 Å². The summed E-state index contributed by atoms with van der Waals surface area (Å²) in [5.74, 6) is 1.11. The molecular weight excluding hydrogens is 304 g/mol. The SMILES string of the molecule is CCNC(=NCCOC1CCCCCC1)N1CCN(C(C)=O)CC1. The van der Waals surface area contributed by atoms with Gasteiger partial charge in [0.05, 0.1) is 19.3 Å². The maximum absolute atomic E-state index is 11.4. The van der Waals surface area contributed by atoms with Crippen LogP contribution in [0.5, 0.6) is 0 Å². The molecule has 0 spiro atoms. The van der Waals surface area contributed by atoms with Crippen molar-refractivity contribution in [2.24, 2.45) is 4.99 Å². The number of rotatable bonds is 5. The predicted octanol–water partition coefficient (Wildman–Crippen LogP) is 1.86. The number of carbonyl (C=O) groups is 1. The third-order valence-electron chi connectivity index (χ3n) is 4.87. The topological polar surface area (TPSA) is 57.2 Å². The summed E-state index contributed by atoms with van der Waals surface area (Å²) in [4.78, 5) is 20.3. The highest BCUT2D eigenvalue weighted by Gasteiger charge is 2.20. The Kier molecular flexibility index (Phi) is 8.36. The van der Waals surface area contributed by atoms with E-state index in [1.165, 1.54) is 38.5 Å². The highest BCUT2D eigenvalue weighted by atomic mass is 16.5. The summed E-state index contributed by atoms with van der Waals surface area (Å²) < 4.78 is 6.02. The summed E-state index contributed by atoms with van der Waals surface area (Å²) in [5, 5.41) is 3.36. The lowest BCUT2D eigenvalue weighted by Crippen LogP contribution is -2.53. The van der Waals surface area contributed by atoms with E-state index >= 15 is 0 Å². The van der Waals surface area contributed by atoms with E-state index in [-0.39, 0.29) is 5.91 Å². The van der Waals surface area contributed by atoms with E-state index in [0.717, 1.165) is 38.7 Å². The molecule has 6 nitrogen and oxygen atoms in total. The van der Waals surface area contributed by atoms with E-state index in [0.29, 0.717) is 19.3 Å². The normalized spacial score (nSPS) is 20.8. The van der Waals surface area contributed by atoms with E-state index in [1.54, 1.807) is 6.92 Å². The number of ether oxygens (including phenoxy) is 1. The molecule has 6 heteroatoms. The fourth-order valence-corrected chi connectivity index (χ4v) is 3.44. The van der Waals surface area contributed by atoms with E-state index in [1.807, 2.05) is 4.90 Å². The first-order chi connectivity index (χ1) is 11.7. The minimum Gasteiger partial charge on any atom is -0.376 e. The van der Waals surface area contributed by atoms with Crippen LogP contribution in [-0.4, -0.2) is 73.6 Å². The zero-order valence-electron chi connectivity index (χ0n) is 15.4. The lowest BCUT2D eigenvalue weighted by Gasteiger charge is -2.36. The molecule has 0 radical (unpaired) electrons. The van der Waals surface area contributed by atoms with Crippen LogP contribution in [0.1, 0.15) is 52.4 Å². The lowest BCUT2D eigenvalue weighted by atomic mass is 10.1. The van der Waals surface area contributed by atoms with Crippen LogP contribution in [0, 0.1) is 0 Å². The summed E-state index contributed by atoms with van der Waals surface area (Å²) in [7, 11) is 0. The molecule has 1 N–H and O–H groups in total. The van der Waals surface area contributed by atoms with E-state index in [9.17, 15) is 4.79 Å². The molecule has 1 aliphatic heterocycles. The van der Waals surface area contributed by atoms with Gasteiger partial charge in [-0.2, -0.15) is 0 Å². The van der Waals surface area contributed by atoms with Crippen LogP contribution in [0.25, 0.3) is 0 Å². The first-order valence-corrected chi connectivity index (χ1v) is 9.61. The summed E-state index contributed by atoms with van der Waals surface area (Å²) >= 11 is 0. The molecule has 0 aromatic heterocycles. The third-order valence-corrected chi connectivity index (χ3v) is 4.87. The van der Waals surface area contributed by atoms with Gasteiger partial charge in [0, 0.05) is 39.6 Å². The largest absolute Gasteiger partial charge is 0.376 e. The predicted molar refractivity (Wildman–Crippen MR) is 97.2 cm³/mol. The molecule has 2 rings (SSSR count). The summed E-state index contributed by atoms with van der Waals surface area (Å²) in [6.07, 6.45) is 8.16. The monoisotopic (exact) mass is 338 g/mol. The van der Waals surface area contributed by atoms with E-state index in [4.69, 9.17) is 9.73 Å². The summed E-state index contributed by atoms with van der Waals surface area (Å²) in [6.45, 7) is 9.22. The molecule has 1 heterocycles. The van der Waals surface area contributed by atoms with Crippen molar-refractivity contribution in [1.29, 1.82) is 0 Å². The molecule has 1 saturated heterocycles. The maximum Gasteiger partial charge on any atom is 0.219 e. The molecule has 1 amide bonds. The average Bonchev–Trinajstić information content (AvgIpc) is 2.86. The molecule has 24 heavy (non-hydrogen) atoms. The molecule has 0 aromatic carbocycles. The molecule has 0 aromatic rings. The third kappa shape index (κ3) is 6.30. The second-order valence-corrected chi connectivity index (χ2v) is 6.71. The number of hydrogen-bond acceptors (Lipinski definition) is 3. The summed E-state index contributed by atoms with van der Waals surface area (Å²) in [6, 6.07) is 0. The van der Waals surface area contributed by atoms with Crippen molar-refractivity contribution in [3.05, 3.63) is 0 Å². The maximum atomic E-state index is 11.4. The number of aliphatic imine (C=N–C) groups is 1. The van der Waals surface area contributed by atoms with E-state index < -0.39 is 0 Å². The Labute approximate surface area is 146 Å². The molecule has 2 fully saturated rings. The van der Waals surface area contributed by atoms with Crippen molar-refractivity contribution in [1.82, 2.24) is 15.1 Å². The first-order valence-electron chi connectivity index (χ1n) is 9.61. The lowest BCUT2D eigenvalue weighted by molar-refractivity contribution is -0.130. The van der Waals surface area contributed by atoms with Gasteiger partial charge in [-0.1, -0.05) is 25.7 Å². The van der Waals surface area contributed by atoms with Gasteiger partial charge in [0.2, 0.25) is 5.91 Å². The van der Waals surface area contributed by atoms with Gasteiger partial charge < -0.3 is 19.9 Å². The molecule has 2 aliphatic rings. The molecule has 0 bridgehead atoms. The van der Waals surface area contributed by atoms with Crippen molar-refractivity contribution in [2.75, 3.05) is 45.9 Å². The van der Waals surface area contributed by atoms with E-state index in [2.05, 4.69) is 17.1 Å². The molecule has 138 valence electrons. The van der Waals surface area contributed by atoms with Gasteiger partial charge in [-0.15, -0.1) is 0 Å². The van der Waals surface area contributed by atoms with Crippen LogP contribution in [0.15, 0.2) is 4.99 Å². The van der Waals surface area contributed by atoms with Crippen LogP contribution >= 0.6 is 0 Å². The molecule has 1 saturated carbocycles. The Morgan fingerprint density at radius 2 is 1.71 bits per heavy atom. The van der Waals surface area contributed by atoms with Gasteiger partial charge in [0.1, 0.15) is 0 Å². The minimum absolute atomic E-state index is 0.161. The zero-order chi connectivity index (χ0) is 17.2. The van der Waals surface area contributed by atoms with Crippen LogP contribution in [-0.2, 0) is 9.53 Å². The average molecular weight is 338 g/mol. The Morgan fingerprint density at radius 1 is 1.08 bits per heavy atom. The van der Waals surface area contributed by atoms with Crippen molar-refractivity contribution in [3.8, 4) is 0 Å². The van der Waals surface area contributed by atoms with Gasteiger partial charge in [-0.25, -0.2) is 0 Å². The first kappa shape index (κ1) is 19.0. The molecule has 0 atom stereocenters. The molecular formula is C18H34N4O2.